The Morgan fingerprint density at radius 2 is 2.19 bits per heavy atom. The quantitative estimate of drug-likeness (QED) is 0.918. The zero-order chi connectivity index (χ0) is 11.7. The molecular weight excluding hydrogens is 279 g/mol. The lowest BCUT2D eigenvalue weighted by Crippen LogP contribution is -1.98. The van der Waals surface area contributed by atoms with Crippen LogP contribution in [0.3, 0.4) is 0 Å². The first kappa shape index (κ1) is 10.9. The van der Waals surface area contributed by atoms with Crippen molar-refractivity contribution in [2.45, 2.75) is 0 Å². The standard InChI is InChI=1S/C11H6BrFO3/c12-7-4-6(11(14)15)5-8(13)10(7)9-2-1-3-16-9/h1-5H,(H,14,15). The van der Waals surface area contributed by atoms with Gasteiger partial charge in [0.25, 0.3) is 0 Å². The molecule has 2 aromatic rings. The number of hydrogen-bond donors (Lipinski definition) is 1. The van der Waals surface area contributed by atoms with E-state index in [1.54, 1.807) is 12.1 Å². The van der Waals surface area contributed by atoms with Gasteiger partial charge in [-0.3, -0.25) is 0 Å². The Morgan fingerprint density at radius 3 is 2.69 bits per heavy atom. The minimum atomic E-state index is -1.18. The highest BCUT2D eigenvalue weighted by Crippen LogP contribution is 2.32. The van der Waals surface area contributed by atoms with Crippen molar-refractivity contribution in [1.82, 2.24) is 0 Å². The summed E-state index contributed by atoms with van der Waals surface area (Å²) in [6.07, 6.45) is 1.42. The number of rotatable bonds is 2. The molecule has 0 fully saturated rings. The fraction of sp³-hybridized carbons (Fsp3) is 0. The summed E-state index contributed by atoms with van der Waals surface area (Å²) < 4.78 is 19.1. The van der Waals surface area contributed by atoms with Crippen LogP contribution in [0.1, 0.15) is 10.4 Å². The summed E-state index contributed by atoms with van der Waals surface area (Å²) in [5.74, 6) is -1.46. The second-order valence-corrected chi connectivity index (χ2v) is 3.95. The predicted molar refractivity (Wildman–Crippen MR) is 58.8 cm³/mol. The maximum absolute atomic E-state index is 13.7. The van der Waals surface area contributed by atoms with Gasteiger partial charge in [0.2, 0.25) is 0 Å². The number of hydrogen-bond acceptors (Lipinski definition) is 2. The largest absolute Gasteiger partial charge is 0.478 e. The third-order valence-corrected chi connectivity index (χ3v) is 2.68. The molecule has 0 bridgehead atoms. The van der Waals surface area contributed by atoms with Crippen LogP contribution in [0.2, 0.25) is 0 Å². The molecule has 16 heavy (non-hydrogen) atoms. The topological polar surface area (TPSA) is 50.4 Å². The van der Waals surface area contributed by atoms with E-state index < -0.39 is 11.8 Å². The lowest BCUT2D eigenvalue weighted by molar-refractivity contribution is 0.0696. The molecule has 5 heteroatoms. The van der Waals surface area contributed by atoms with Crippen LogP contribution in [0, 0.1) is 5.82 Å². The molecule has 0 atom stereocenters. The third kappa shape index (κ3) is 1.86. The summed E-state index contributed by atoms with van der Waals surface area (Å²) in [5, 5.41) is 8.74. The number of halogens is 2. The van der Waals surface area contributed by atoms with Gasteiger partial charge in [-0.05, 0) is 40.2 Å². The van der Waals surface area contributed by atoms with E-state index in [2.05, 4.69) is 15.9 Å². The van der Waals surface area contributed by atoms with Crippen LogP contribution in [0.25, 0.3) is 11.3 Å². The van der Waals surface area contributed by atoms with Crippen LogP contribution in [-0.2, 0) is 0 Å². The minimum absolute atomic E-state index is 0.111. The molecule has 0 amide bonds. The molecule has 1 aromatic heterocycles. The van der Waals surface area contributed by atoms with Crippen LogP contribution in [0.4, 0.5) is 4.39 Å². The van der Waals surface area contributed by atoms with E-state index >= 15 is 0 Å². The maximum Gasteiger partial charge on any atom is 0.335 e. The summed E-state index contributed by atoms with van der Waals surface area (Å²) in [4.78, 5) is 10.7. The van der Waals surface area contributed by atoms with Gasteiger partial charge in [0.15, 0.2) is 0 Å². The van der Waals surface area contributed by atoms with Crippen molar-refractivity contribution in [3.05, 3.63) is 46.4 Å². The fourth-order valence-electron chi connectivity index (χ4n) is 1.35. The van der Waals surface area contributed by atoms with Crippen molar-refractivity contribution < 1.29 is 18.7 Å². The van der Waals surface area contributed by atoms with E-state index in [1.165, 1.54) is 12.3 Å². The van der Waals surface area contributed by atoms with Gasteiger partial charge in [0.05, 0.1) is 17.4 Å². The second-order valence-electron chi connectivity index (χ2n) is 3.10. The van der Waals surface area contributed by atoms with E-state index in [-0.39, 0.29) is 11.1 Å². The molecule has 3 nitrogen and oxygen atoms in total. The van der Waals surface area contributed by atoms with Crippen LogP contribution in [0.15, 0.2) is 39.4 Å². The lowest BCUT2D eigenvalue weighted by Gasteiger charge is -2.04. The Balaban J connectivity index is 2.61. The molecule has 0 saturated carbocycles. The average molecular weight is 285 g/mol. The highest BCUT2D eigenvalue weighted by molar-refractivity contribution is 9.10. The molecule has 0 spiro atoms. The number of carbonyl (C=O) groups is 1. The molecular formula is C11H6BrFO3. The van der Waals surface area contributed by atoms with Gasteiger partial charge in [0.1, 0.15) is 11.6 Å². The monoisotopic (exact) mass is 284 g/mol. The van der Waals surface area contributed by atoms with Gasteiger partial charge in [-0.25, -0.2) is 9.18 Å². The molecule has 0 aliphatic rings. The molecule has 0 aliphatic carbocycles. The molecule has 1 heterocycles. The van der Waals surface area contributed by atoms with Crippen molar-refractivity contribution in [3.63, 3.8) is 0 Å². The number of aromatic carboxylic acids is 1. The summed E-state index contributed by atoms with van der Waals surface area (Å²) in [6.45, 7) is 0. The summed E-state index contributed by atoms with van der Waals surface area (Å²) >= 11 is 3.12. The van der Waals surface area contributed by atoms with Gasteiger partial charge in [0, 0.05) is 4.47 Å². The molecule has 0 radical (unpaired) electrons. The summed E-state index contributed by atoms with van der Waals surface area (Å²) in [6, 6.07) is 5.53. The zero-order valence-corrected chi connectivity index (χ0v) is 9.49. The van der Waals surface area contributed by atoms with E-state index in [0.717, 1.165) is 6.07 Å². The van der Waals surface area contributed by atoms with Crippen molar-refractivity contribution in [1.29, 1.82) is 0 Å². The van der Waals surface area contributed by atoms with Gasteiger partial charge in [-0.15, -0.1) is 0 Å². The Kier molecular flexibility index (Phi) is 2.78. The average Bonchev–Trinajstić information content (AvgIpc) is 2.69. The highest BCUT2D eigenvalue weighted by Gasteiger charge is 2.16. The maximum atomic E-state index is 13.7. The molecule has 0 saturated heterocycles. The van der Waals surface area contributed by atoms with Gasteiger partial charge in [-0.1, -0.05) is 0 Å². The predicted octanol–water partition coefficient (Wildman–Crippen LogP) is 3.55. The molecule has 0 unspecified atom stereocenters. The van der Waals surface area contributed by atoms with Crippen LogP contribution < -0.4 is 0 Å². The first-order chi connectivity index (χ1) is 7.59. The smallest absolute Gasteiger partial charge is 0.335 e. The van der Waals surface area contributed by atoms with Crippen LogP contribution >= 0.6 is 15.9 Å². The first-order valence-corrected chi connectivity index (χ1v) is 5.15. The highest BCUT2D eigenvalue weighted by atomic mass is 79.9. The number of carboxylic acids is 1. The molecule has 2 rings (SSSR count). The number of furan rings is 1. The Hall–Kier alpha value is -1.62. The van der Waals surface area contributed by atoms with Gasteiger partial charge < -0.3 is 9.52 Å². The van der Waals surface area contributed by atoms with Gasteiger partial charge in [-0.2, -0.15) is 0 Å². The van der Waals surface area contributed by atoms with E-state index in [9.17, 15) is 9.18 Å². The number of carboxylic acid groups (broad SMARTS) is 1. The Bertz CT molecular complexity index is 511. The third-order valence-electron chi connectivity index (χ3n) is 2.06. The number of benzene rings is 1. The van der Waals surface area contributed by atoms with Crippen molar-refractivity contribution in [3.8, 4) is 11.3 Å². The summed E-state index contributed by atoms with van der Waals surface area (Å²) in [5.41, 5.74) is 0.106. The lowest BCUT2D eigenvalue weighted by atomic mass is 10.1. The normalized spacial score (nSPS) is 10.4. The molecule has 82 valence electrons. The SMILES string of the molecule is O=C(O)c1cc(F)c(-c2ccco2)c(Br)c1. The van der Waals surface area contributed by atoms with Crippen LogP contribution in [-0.4, -0.2) is 11.1 Å². The molecule has 1 aromatic carbocycles. The second kappa shape index (κ2) is 4.09. The van der Waals surface area contributed by atoms with Gasteiger partial charge >= 0.3 is 5.97 Å². The van der Waals surface area contributed by atoms with E-state index in [4.69, 9.17) is 9.52 Å². The van der Waals surface area contributed by atoms with Crippen molar-refractivity contribution in [2.75, 3.05) is 0 Å². The Labute approximate surface area is 98.6 Å². The minimum Gasteiger partial charge on any atom is -0.478 e. The molecule has 1 N–H and O–H groups in total. The van der Waals surface area contributed by atoms with E-state index in [0.29, 0.717) is 10.2 Å². The summed E-state index contributed by atoms with van der Waals surface area (Å²) in [7, 11) is 0. The first-order valence-electron chi connectivity index (χ1n) is 4.36. The Morgan fingerprint density at radius 1 is 1.44 bits per heavy atom. The van der Waals surface area contributed by atoms with Crippen LogP contribution in [0.5, 0.6) is 0 Å². The molecule has 0 aliphatic heterocycles. The van der Waals surface area contributed by atoms with E-state index in [1.807, 2.05) is 0 Å². The van der Waals surface area contributed by atoms with Crippen molar-refractivity contribution in [2.24, 2.45) is 0 Å². The zero-order valence-electron chi connectivity index (χ0n) is 7.91. The van der Waals surface area contributed by atoms with Crippen molar-refractivity contribution >= 4 is 21.9 Å². The fourth-order valence-corrected chi connectivity index (χ4v) is 1.98.